The summed E-state index contributed by atoms with van der Waals surface area (Å²) in [5, 5.41) is 0. The third-order valence-corrected chi connectivity index (χ3v) is 6.88. The molecule has 6 nitrogen and oxygen atoms in total. The molecule has 2 aromatic rings. The first-order valence-corrected chi connectivity index (χ1v) is 11.3. The maximum Gasteiger partial charge on any atom is 0.243 e. The van der Waals surface area contributed by atoms with Crippen LogP contribution < -0.4 is 9.62 Å². The number of hydrogen-bond donors (Lipinski definition) is 1. The van der Waals surface area contributed by atoms with Crippen LogP contribution in [0.4, 0.5) is 14.5 Å². The van der Waals surface area contributed by atoms with Crippen LogP contribution in [0.1, 0.15) is 11.6 Å². The Kier molecular flexibility index (Phi) is 7.07. The summed E-state index contributed by atoms with van der Waals surface area (Å²) in [5.74, 6) is -1.92. The van der Waals surface area contributed by atoms with E-state index in [0.717, 1.165) is 49.6 Å². The fourth-order valence-electron chi connectivity index (χ4n) is 3.55. The molecule has 1 fully saturated rings. The van der Waals surface area contributed by atoms with E-state index < -0.39 is 26.6 Å². The van der Waals surface area contributed by atoms with Crippen molar-refractivity contribution in [2.24, 2.45) is 0 Å². The molecule has 1 saturated heterocycles. The van der Waals surface area contributed by atoms with E-state index in [4.69, 9.17) is 0 Å². The smallest absolute Gasteiger partial charge is 0.243 e. The van der Waals surface area contributed by atoms with Gasteiger partial charge in [0.15, 0.2) is 0 Å². The summed E-state index contributed by atoms with van der Waals surface area (Å²) >= 11 is 0. The number of halogens is 2. The van der Waals surface area contributed by atoms with Gasteiger partial charge < -0.3 is 9.80 Å². The molecule has 164 valence electrons. The molecule has 1 aliphatic rings. The van der Waals surface area contributed by atoms with Crippen LogP contribution in [0.3, 0.4) is 0 Å². The van der Waals surface area contributed by atoms with Gasteiger partial charge in [-0.1, -0.05) is 12.1 Å². The largest absolute Gasteiger partial charge is 0.378 e. The number of nitrogens with one attached hydrogen (secondary N) is 1. The molecule has 2 aromatic carbocycles. The zero-order valence-electron chi connectivity index (χ0n) is 17.5. The van der Waals surface area contributed by atoms with E-state index in [0.29, 0.717) is 6.07 Å². The molecule has 0 aliphatic carbocycles. The molecule has 9 heteroatoms. The Bertz CT molecular complexity index is 959. The highest BCUT2D eigenvalue weighted by Crippen LogP contribution is 2.25. The van der Waals surface area contributed by atoms with E-state index in [1.807, 2.05) is 43.3 Å². The molecule has 1 atom stereocenters. The van der Waals surface area contributed by atoms with E-state index >= 15 is 0 Å². The van der Waals surface area contributed by atoms with E-state index in [2.05, 4.69) is 21.6 Å². The minimum Gasteiger partial charge on any atom is -0.378 e. The molecule has 0 aromatic heterocycles. The van der Waals surface area contributed by atoms with Crippen LogP contribution in [0, 0.1) is 11.6 Å². The fraction of sp³-hybridized carbons (Fsp3) is 0.429. The van der Waals surface area contributed by atoms with Crippen molar-refractivity contribution in [2.75, 3.05) is 58.8 Å². The van der Waals surface area contributed by atoms with Gasteiger partial charge in [0.05, 0.1) is 0 Å². The van der Waals surface area contributed by atoms with Crippen LogP contribution in [0.25, 0.3) is 0 Å². The average molecular weight is 439 g/mol. The molecule has 30 heavy (non-hydrogen) atoms. The second kappa shape index (κ2) is 9.38. The van der Waals surface area contributed by atoms with Crippen molar-refractivity contribution in [3.8, 4) is 0 Å². The van der Waals surface area contributed by atoms with Gasteiger partial charge in [-0.2, -0.15) is 0 Å². The Hall–Kier alpha value is -2.07. The molecule has 0 amide bonds. The summed E-state index contributed by atoms with van der Waals surface area (Å²) in [4.78, 5) is 5.90. The minimum absolute atomic E-state index is 0.0875. The molecule has 1 heterocycles. The number of hydrogen-bond acceptors (Lipinski definition) is 5. The van der Waals surface area contributed by atoms with Gasteiger partial charge in [0.25, 0.3) is 0 Å². The summed E-state index contributed by atoms with van der Waals surface area (Å²) in [7, 11) is 1.85. The predicted molar refractivity (Wildman–Crippen MR) is 114 cm³/mol. The molecule has 0 spiro atoms. The topological polar surface area (TPSA) is 55.9 Å². The van der Waals surface area contributed by atoms with Crippen molar-refractivity contribution in [3.05, 3.63) is 59.7 Å². The van der Waals surface area contributed by atoms with Crippen molar-refractivity contribution in [2.45, 2.75) is 10.9 Å². The van der Waals surface area contributed by atoms with Gasteiger partial charge >= 0.3 is 0 Å². The Morgan fingerprint density at radius 2 is 1.67 bits per heavy atom. The molecule has 1 aliphatic heterocycles. The molecule has 1 N–H and O–H groups in total. The highest BCUT2D eigenvalue weighted by atomic mass is 32.2. The lowest BCUT2D eigenvalue weighted by Gasteiger charge is -2.38. The van der Waals surface area contributed by atoms with Crippen LogP contribution in [0.15, 0.2) is 47.4 Å². The lowest BCUT2D eigenvalue weighted by atomic mass is 10.0. The normalized spacial score (nSPS) is 17.1. The summed E-state index contributed by atoms with van der Waals surface area (Å²) in [6.45, 7) is 3.44. The highest BCUT2D eigenvalue weighted by molar-refractivity contribution is 7.89. The number of likely N-dealkylation sites (N-methyl/N-ethyl adjacent to an activating group) is 1. The number of anilines is 1. The average Bonchev–Trinajstić information content (AvgIpc) is 2.69. The van der Waals surface area contributed by atoms with E-state index in [9.17, 15) is 17.2 Å². The van der Waals surface area contributed by atoms with Gasteiger partial charge in [-0.15, -0.1) is 0 Å². The molecule has 0 radical (unpaired) electrons. The van der Waals surface area contributed by atoms with Crippen LogP contribution >= 0.6 is 0 Å². The lowest BCUT2D eigenvalue weighted by molar-refractivity contribution is 0.113. The van der Waals surface area contributed by atoms with Gasteiger partial charge in [-0.3, -0.25) is 4.90 Å². The van der Waals surface area contributed by atoms with Crippen molar-refractivity contribution >= 4 is 15.7 Å². The second-order valence-corrected chi connectivity index (χ2v) is 9.50. The Labute approximate surface area is 177 Å². The third-order valence-electron chi connectivity index (χ3n) is 5.42. The quantitative estimate of drug-likeness (QED) is 0.719. The molecular weight excluding hydrogens is 410 g/mol. The first-order valence-electron chi connectivity index (χ1n) is 9.82. The molecule has 3 rings (SSSR count). The SMILES string of the molecule is CN1CCN(C(CNS(=O)(=O)c2ccc(F)cc2F)c2ccc(N(C)C)cc2)CC1. The van der Waals surface area contributed by atoms with Crippen LogP contribution in [-0.2, 0) is 10.0 Å². The van der Waals surface area contributed by atoms with E-state index in [1.165, 1.54) is 0 Å². The predicted octanol–water partition coefficient (Wildman–Crippen LogP) is 2.30. The third kappa shape index (κ3) is 5.34. The van der Waals surface area contributed by atoms with Crippen molar-refractivity contribution in [1.29, 1.82) is 0 Å². The fourth-order valence-corrected chi connectivity index (χ4v) is 4.64. The van der Waals surface area contributed by atoms with Gasteiger partial charge in [0.1, 0.15) is 16.5 Å². The lowest BCUT2D eigenvalue weighted by Crippen LogP contribution is -2.48. The Morgan fingerprint density at radius 1 is 1.03 bits per heavy atom. The standard InChI is InChI=1S/C21H28F2N4O2S/c1-25(2)18-7-4-16(5-8-18)20(27-12-10-26(3)11-13-27)15-24-30(28,29)21-9-6-17(22)14-19(21)23/h4-9,14,20,24H,10-13,15H2,1-3H3. The van der Waals surface area contributed by atoms with E-state index in [-0.39, 0.29) is 12.6 Å². The number of piperazine rings is 1. The van der Waals surface area contributed by atoms with Crippen molar-refractivity contribution < 1.29 is 17.2 Å². The van der Waals surface area contributed by atoms with Crippen LogP contribution in [0.2, 0.25) is 0 Å². The number of sulfonamides is 1. The molecule has 0 bridgehead atoms. The number of rotatable bonds is 7. The maximum atomic E-state index is 14.0. The van der Waals surface area contributed by atoms with Crippen molar-refractivity contribution in [3.63, 3.8) is 0 Å². The van der Waals surface area contributed by atoms with Gasteiger partial charge in [-0.25, -0.2) is 21.9 Å². The van der Waals surface area contributed by atoms with Gasteiger partial charge in [-0.05, 0) is 36.9 Å². The zero-order chi connectivity index (χ0) is 21.9. The number of benzene rings is 2. The van der Waals surface area contributed by atoms with Crippen LogP contribution in [-0.4, -0.2) is 72.1 Å². The highest BCUT2D eigenvalue weighted by Gasteiger charge is 2.27. The summed E-state index contributed by atoms with van der Waals surface area (Å²) in [6, 6.07) is 10.2. The van der Waals surface area contributed by atoms with Crippen molar-refractivity contribution in [1.82, 2.24) is 14.5 Å². The molecule has 1 unspecified atom stereocenters. The second-order valence-electron chi connectivity index (χ2n) is 7.77. The first kappa shape index (κ1) is 22.6. The first-order chi connectivity index (χ1) is 14.2. The molecule has 0 saturated carbocycles. The Morgan fingerprint density at radius 3 is 2.23 bits per heavy atom. The summed E-state index contributed by atoms with van der Waals surface area (Å²) < 4.78 is 55.1. The summed E-state index contributed by atoms with van der Waals surface area (Å²) in [5.41, 5.74) is 2.03. The summed E-state index contributed by atoms with van der Waals surface area (Å²) in [6.07, 6.45) is 0. The molecular formula is C21H28F2N4O2S. The minimum atomic E-state index is -4.12. The monoisotopic (exact) mass is 438 g/mol. The number of nitrogens with zero attached hydrogens (tertiary/aromatic N) is 3. The van der Waals surface area contributed by atoms with Crippen LogP contribution in [0.5, 0.6) is 0 Å². The zero-order valence-corrected chi connectivity index (χ0v) is 18.3. The van der Waals surface area contributed by atoms with Gasteiger partial charge in [0.2, 0.25) is 10.0 Å². The van der Waals surface area contributed by atoms with Gasteiger partial charge in [0, 0.05) is 64.6 Å². The Balaban J connectivity index is 1.83. The maximum absolute atomic E-state index is 14.0. The van der Waals surface area contributed by atoms with E-state index in [1.54, 1.807) is 0 Å².